The molecule has 0 aliphatic rings. The first kappa shape index (κ1) is 108. The third-order valence-corrected chi connectivity index (χ3v) is 17.8. The number of hydrogen-bond donors (Lipinski definition) is 1. The molecule has 0 aromatic heterocycles. The van der Waals surface area contributed by atoms with Crippen LogP contribution in [0.1, 0.15) is 387 Å². The van der Waals surface area contributed by atoms with Crippen LogP contribution in [-0.4, -0.2) is 67.4 Å². The summed E-state index contributed by atoms with van der Waals surface area (Å²) in [5, 5.41) is 0. The van der Waals surface area contributed by atoms with Crippen LogP contribution in [0, 0.1) is 0 Å². The molecule has 1 unspecified atom stereocenters. The topological polar surface area (TPSA) is 247 Å². The molecule has 3 atom stereocenters. The molecule has 564 valence electrons. The van der Waals surface area contributed by atoms with Crippen molar-refractivity contribution in [3.05, 3.63) is 48.6 Å². The van der Waals surface area contributed by atoms with Gasteiger partial charge < -0.3 is 52.1 Å². The first-order valence-corrected chi connectivity index (χ1v) is 42.2. The van der Waals surface area contributed by atoms with Crippen LogP contribution in [-0.2, 0) is 56.3 Å². The number of hydrogen-bond acceptors (Lipinski definition) is 15. The van der Waals surface area contributed by atoms with E-state index in [0.29, 0.717) is 25.7 Å². The minimum absolute atomic E-state index is 0. The fraction of sp³-hybridized carbons (Fsp3) is 0.846. The molecule has 99 heavy (non-hydrogen) atoms. The maximum atomic E-state index is 12.3. The van der Waals surface area contributed by atoms with E-state index < -0.39 is 64.9 Å². The first-order valence-electron chi connectivity index (χ1n) is 39.2. The molecular formula is C78H143Na3O16P2. The first-order chi connectivity index (χ1) is 46.6. The fourth-order valence-corrected chi connectivity index (χ4v) is 11.7. The number of carbonyl (C=O) groups is 4. The Bertz CT molecular complexity index is 1830. The van der Waals surface area contributed by atoms with Crippen LogP contribution in [0.25, 0.3) is 0 Å². The van der Waals surface area contributed by atoms with Gasteiger partial charge in [-0.15, -0.1) is 0 Å². The number of unbranched alkanes of at least 4 members (excludes halogenated alkanes) is 44. The summed E-state index contributed by atoms with van der Waals surface area (Å²) in [5.41, 5.74) is 0. The van der Waals surface area contributed by atoms with E-state index >= 15 is 0 Å². The molecule has 0 rings (SSSR count). The van der Waals surface area contributed by atoms with E-state index in [1.807, 2.05) is 0 Å². The molecule has 0 aromatic rings. The van der Waals surface area contributed by atoms with Crippen LogP contribution < -0.4 is 103 Å². The molecular weight excluding hydrogens is 1320 g/mol. The number of phosphoric acid groups is 2. The fourth-order valence-electron chi connectivity index (χ4n) is 11.0. The number of allylic oxidation sites excluding steroid dienone is 8. The van der Waals surface area contributed by atoms with Crippen molar-refractivity contribution in [1.82, 2.24) is 0 Å². The van der Waals surface area contributed by atoms with Crippen LogP contribution in [0.15, 0.2) is 48.6 Å². The van der Waals surface area contributed by atoms with Gasteiger partial charge in [-0.3, -0.25) is 23.7 Å². The van der Waals surface area contributed by atoms with E-state index in [4.69, 9.17) is 23.8 Å². The number of phosphoric ester groups is 2. The summed E-state index contributed by atoms with van der Waals surface area (Å²) in [6.07, 6.45) is 77.3. The molecule has 1 N–H and O–H groups in total. The van der Waals surface area contributed by atoms with Crippen molar-refractivity contribution in [3.63, 3.8) is 0 Å². The molecule has 16 nitrogen and oxygen atoms in total. The Morgan fingerprint density at radius 2 is 0.485 bits per heavy atom. The van der Waals surface area contributed by atoms with E-state index in [9.17, 15) is 43.0 Å². The molecule has 0 fully saturated rings. The predicted molar refractivity (Wildman–Crippen MR) is 389 cm³/mol. The average Bonchev–Trinajstić information content (AvgIpc) is 3.13. The predicted octanol–water partition coefficient (Wildman–Crippen LogP) is 12.4. The normalized spacial score (nSPS) is 12.8. The Labute approximate surface area is 672 Å². The van der Waals surface area contributed by atoms with Gasteiger partial charge in [0, 0.05) is 25.7 Å². The third kappa shape index (κ3) is 94.1. The smallest absolute Gasteiger partial charge is 0.790 e. The van der Waals surface area contributed by atoms with Gasteiger partial charge in [0.15, 0.2) is 12.2 Å². The van der Waals surface area contributed by atoms with Crippen LogP contribution in [0.2, 0.25) is 0 Å². The summed E-state index contributed by atoms with van der Waals surface area (Å²) in [5.74, 6) is -1.91. The number of ether oxygens (including phenoxy) is 4. The van der Waals surface area contributed by atoms with E-state index in [0.717, 1.165) is 128 Å². The van der Waals surface area contributed by atoms with Crippen molar-refractivity contribution in [2.45, 2.75) is 399 Å². The SMILES string of the molecule is CCCCCCCC/C=C\CCCCCCCC(=O)OC[C@H](COP(=O)([O-])[O-])OC(=O)CCCCCCC/C=C/CCCCCCCC.CCCCCCCC/C=C\CCCCCCCC(=O)O[C@H](COC(=O)CCCCCCC/C=C/CCCCCCCC)COP(=O)([O-])O.[Na+].[Na+].[Na+]. The van der Waals surface area contributed by atoms with Gasteiger partial charge in [-0.2, -0.15) is 0 Å². The van der Waals surface area contributed by atoms with Gasteiger partial charge in [0.1, 0.15) is 13.2 Å². The Hall–Kier alpha value is 0.0600. The van der Waals surface area contributed by atoms with Gasteiger partial charge in [0.2, 0.25) is 0 Å². The van der Waals surface area contributed by atoms with Crippen LogP contribution in [0.5, 0.6) is 0 Å². The summed E-state index contributed by atoms with van der Waals surface area (Å²) in [4.78, 5) is 91.0. The van der Waals surface area contributed by atoms with Gasteiger partial charge in [-0.1, -0.05) is 282 Å². The molecule has 0 aliphatic carbocycles. The zero-order valence-corrected chi connectivity index (χ0v) is 72.5. The minimum Gasteiger partial charge on any atom is -0.790 e. The maximum absolute atomic E-state index is 12.3. The number of esters is 4. The van der Waals surface area contributed by atoms with Crippen molar-refractivity contribution < 1.29 is 165 Å². The van der Waals surface area contributed by atoms with Gasteiger partial charge in [0.05, 0.1) is 21.0 Å². The Morgan fingerprint density at radius 3 is 0.697 bits per heavy atom. The zero-order chi connectivity index (χ0) is 70.8. The quantitative estimate of drug-likeness (QED) is 0.0148. The molecule has 0 heterocycles. The average molecular weight is 1470 g/mol. The van der Waals surface area contributed by atoms with Crippen molar-refractivity contribution in [3.8, 4) is 0 Å². The van der Waals surface area contributed by atoms with Crippen LogP contribution in [0.3, 0.4) is 0 Å². The molecule has 0 saturated carbocycles. The van der Waals surface area contributed by atoms with Gasteiger partial charge in [-0.05, 0) is 128 Å². The summed E-state index contributed by atoms with van der Waals surface area (Å²) >= 11 is 0. The summed E-state index contributed by atoms with van der Waals surface area (Å²) < 4.78 is 51.8. The molecule has 21 heteroatoms. The van der Waals surface area contributed by atoms with Gasteiger partial charge in [0.25, 0.3) is 7.82 Å². The zero-order valence-electron chi connectivity index (χ0n) is 64.7. The minimum atomic E-state index is -5.25. The van der Waals surface area contributed by atoms with E-state index in [1.54, 1.807) is 0 Å². The molecule has 0 aliphatic heterocycles. The molecule has 0 amide bonds. The second kappa shape index (κ2) is 85.3. The second-order valence-electron chi connectivity index (χ2n) is 26.4. The van der Waals surface area contributed by atoms with Crippen LogP contribution >= 0.6 is 15.6 Å². The number of rotatable bonds is 72. The summed E-state index contributed by atoms with van der Waals surface area (Å²) in [7, 11) is -10.3. The van der Waals surface area contributed by atoms with Crippen molar-refractivity contribution >= 4 is 39.5 Å². The van der Waals surface area contributed by atoms with Crippen molar-refractivity contribution in [2.75, 3.05) is 26.4 Å². The number of carbonyl (C=O) groups excluding carboxylic acids is 4. The molecule has 0 saturated heterocycles. The van der Waals surface area contributed by atoms with Crippen molar-refractivity contribution in [2.24, 2.45) is 0 Å². The Kier molecular flexibility index (Phi) is 92.8. The van der Waals surface area contributed by atoms with Crippen LogP contribution in [0.4, 0.5) is 0 Å². The van der Waals surface area contributed by atoms with E-state index in [2.05, 4.69) is 85.4 Å². The monoisotopic (exact) mass is 1470 g/mol. The van der Waals surface area contributed by atoms with E-state index in [-0.39, 0.29) is 128 Å². The molecule has 0 radical (unpaired) electrons. The molecule has 0 aromatic carbocycles. The van der Waals surface area contributed by atoms with E-state index in [1.165, 1.54) is 180 Å². The Balaban J connectivity index is -0.000000578. The largest absolute Gasteiger partial charge is 1.00 e. The Morgan fingerprint density at radius 1 is 0.293 bits per heavy atom. The van der Waals surface area contributed by atoms with Crippen molar-refractivity contribution in [1.29, 1.82) is 0 Å². The second-order valence-corrected chi connectivity index (χ2v) is 28.8. The third-order valence-electron chi connectivity index (χ3n) is 16.9. The summed E-state index contributed by atoms with van der Waals surface area (Å²) in [6.45, 7) is 7.04. The van der Waals surface area contributed by atoms with Gasteiger partial charge >= 0.3 is 113 Å². The summed E-state index contributed by atoms with van der Waals surface area (Å²) in [6, 6.07) is 0. The van der Waals surface area contributed by atoms with Gasteiger partial charge in [-0.25, -0.2) is 0 Å². The standard InChI is InChI=1S/2C39H73O8P.3Na/c2*1-3-5-7-9-11-13-15-17-19-21-23-25-27-29-31-33-38(40)45-35-37(36-46-48(42,43)44)47-39(41)34-32-30-28-26-24-22-20-18-16-14-12-10-8-6-4-2;;;/h2*17-20,37H,3-16,21-36H2,1-2H3,(H2,42,43,44);;;/q;;3*+1/p-3/b19-17+,20-18-;19-17-,20-18+;;;/t2*37-;;;/m11.../s1. The molecule has 0 bridgehead atoms. The maximum Gasteiger partial charge on any atom is 1.00 e. The molecule has 0 spiro atoms.